The summed E-state index contributed by atoms with van der Waals surface area (Å²) in [5.41, 5.74) is 0.662. The number of hydrogen-bond donors (Lipinski definition) is 2. The number of hydrogen-bond acceptors (Lipinski definition) is 6. The number of imide groups is 1. The Bertz CT molecular complexity index is 1220. The molecule has 2 N–H and O–H groups in total. The van der Waals surface area contributed by atoms with Crippen LogP contribution in [0, 0.1) is 0 Å². The molecule has 1 aliphatic heterocycles. The van der Waals surface area contributed by atoms with Crippen molar-refractivity contribution in [1.29, 1.82) is 0 Å². The first-order valence-electron chi connectivity index (χ1n) is 13.2. The molecule has 3 amide bonds. The molecule has 43 heavy (non-hydrogen) atoms. The molecule has 1 aliphatic rings. The highest BCUT2D eigenvalue weighted by molar-refractivity contribution is 9.10. The molecule has 2 atom stereocenters. The van der Waals surface area contributed by atoms with Gasteiger partial charge in [-0.25, -0.2) is 19.3 Å². The number of nitrogens with one attached hydrogen (secondary N) is 1. The van der Waals surface area contributed by atoms with Gasteiger partial charge >= 0.3 is 18.2 Å². The van der Waals surface area contributed by atoms with Crippen LogP contribution in [0.5, 0.6) is 0 Å². The fraction of sp³-hybridized carbons (Fsp3) is 0.467. The van der Waals surface area contributed by atoms with E-state index in [4.69, 9.17) is 14.6 Å². The Morgan fingerprint density at radius 2 is 1.35 bits per heavy atom. The maximum atomic E-state index is 12.2. The lowest BCUT2D eigenvalue weighted by Gasteiger charge is -2.27. The van der Waals surface area contributed by atoms with Gasteiger partial charge in [0.25, 0.3) is 0 Å². The number of nitrogens with zero attached hydrogens (tertiary/aromatic N) is 1. The largest absolute Gasteiger partial charge is 0.480 e. The molecule has 0 unspecified atom stereocenters. The third kappa shape index (κ3) is 15.4. The van der Waals surface area contributed by atoms with Crippen LogP contribution in [0.15, 0.2) is 57.5 Å². The van der Waals surface area contributed by atoms with Crippen molar-refractivity contribution in [2.75, 3.05) is 0 Å². The van der Waals surface area contributed by atoms with E-state index >= 15 is 0 Å². The van der Waals surface area contributed by atoms with Crippen LogP contribution in [-0.2, 0) is 31.9 Å². The number of halogens is 2. The smallest absolute Gasteiger partial charge is 0.417 e. The molecule has 1 fully saturated rings. The lowest BCUT2D eigenvalue weighted by molar-refractivity contribution is -0.139. The van der Waals surface area contributed by atoms with Crippen LogP contribution in [0.4, 0.5) is 9.59 Å². The standard InChI is InChI=1S/C16H20BrNO3.C14H18BrNO4.2H2S/c1-16(2,3)21-15(20)18-13(8-9-14(18)19)10-11-4-6-12(17)7-5-11;1-14(2,3)20-13(19)16-11(12(17)18)8-9-4-6-10(15)7-5-9;;/h4-7,13H,8-10H2,1-3H3;4-7,11H,8H2,1-3H3,(H,16,19)(H,17,18);2*1H2/t13-;11-;;/m00../s1. The minimum Gasteiger partial charge on any atom is -0.480 e. The first-order valence-corrected chi connectivity index (χ1v) is 14.8. The van der Waals surface area contributed by atoms with Gasteiger partial charge in [-0.3, -0.25) is 4.79 Å². The molecule has 240 valence electrons. The van der Waals surface area contributed by atoms with Gasteiger partial charge in [-0.2, -0.15) is 27.0 Å². The van der Waals surface area contributed by atoms with Crippen LogP contribution in [0.3, 0.4) is 0 Å². The van der Waals surface area contributed by atoms with Crippen LogP contribution in [-0.4, -0.2) is 57.4 Å². The van der Waals surface area contributed by atoms with Gasteiger partial charge in [0.05, 0.1) is 0 Å². The maximum Gasteiger partial charge on any atom is 0.417 e. The molecular weight excluding hydrogens is 724 g/mol. The first-order chi connectivity index (χ1) is 18.9. The number of carbonyl (C=O) groups is 4. The van der Waals surface area contributed by atoms with Crippen molar-refractivity contribution in [2.24, 2.45) is 0 Å². The van der Waals surface area contributed by atoms with Crippen molar-refractivity contribution in [3.05, 3.63) is 68.6 Å². The van der Waals surface area contributed by atoms with Crippen molar-refractivity contribution < 1.29 is 33.8 Å². The summed E-state index contributed by atoms with van der Waals surface area (Å²) >= 11 is 6.71. The summed E-state index contributed by atoms with van der Waals surface area (Å²) in [5, 5.41) is 11.5. The predicted octanol–water partition coefficient (Wildman–Crippen LogP) is 7.11. The molecule has 0 aromatic heterocycles. The zero-order valence-corrected chi connectivity index (χ0v) is 30.4. The number of benzene rings is 2. The number of amides is 3. The lowest BCUT2D eigenvalue weighted by atomic mass is 10.0. The van der Waals surface area contributed by atoms with E-state index in [-0.39, 0.29) is 45.4 Å². The summed E-state index contributed by atoms with van der Waals surface area (Å²) < 4.78 is 12.3. The zero-order chi connectivity index (χ0) is 31.0. The molecule has 9 nitrogen and oxygen atoms in total. The molecule has 0 bridgehead atoms. The van der Waals surface area contributed by atoms with E-state index in [2.05, 4.69) is 37.2 Å². The quantitative estimate of drug-likeness (QED) is 0.322. The summed E-state index contributed by atoms with van der Waals surface area (Å²) in [6, 6.07) is 14.0. The Morgan fingerprint density at radius 3 is 1.79 bits per heavy atom. The summed E-state index contributed by atoms with van der Waals surface area (Å²) in [6.45, 7) is 10.6. The van der Waals surface area contributed by atoms with Crippen molar-refractivity contribution >= 4 is 82.9 Å². The summed E-state index contributed by atoms with van der Waals surface area (Å²) in [6.07, 6.45) is 0.684. The lowest BCUT2D eigenvalue weighted by Crippen LogP contribution is -2.44. The maximum absolute atomic E-state index is 12.2. The van der Waals surface area contributed by atoms with Gasteiger partial charge in [0.1, 0.15) is 17.2 Å². The van der Waals surface area contributed by atoms with Crippen molar-refractivity contribution in [3.63, 3.8) is 0 Å². The number of carboxylic acids is 1. The Labute approximate surface area is 284 Å². The zero-order valence-electron chi connectivity index (χ0n) is 25.2. The van der Waals surface area contributed by atoms with E-state index < -0.39 is 35.4 Å². The molecule has 0 saturated carbocycles. The van der Waals surface area contributed by atoms with E-state index in [1.165, 1.54) is 4.90 Å². The van der Waals surface area contributed by atoms with Crippen LogP contribution in [0.2, 0.25) is 0 Å². The summed E-state index contributed by atoms with van der Waals surface area (Å²) in [4.78, 5) is 48.3. The van der Waals surface area contributed by atoms with Crippen LogP contribution in [0.1, 0.15) is 65.5 Å². The second-order valence-electron chi connectivity index (χ2n) is 11.6. The molecule has 3 rings (SSSR count). The van der Waals surface area contributed by atoms with Gasteiger partial charge < -0.3 is 19.9 Å². The number of alkyl carbamates (subject to hydrolysis) is 1. The van der Waals surface area contributed by atoms with Gasteiger partial charge in [-0.05, 0) is 89.8 Å². The van der Waals surface area contributed by atoms with Gasteiger partial charge in [-0.1, -0.05) is 56.1 Å². The Kier molecular flexibility index (Phi) is 17.0. The highest BCUT2D eigenvalue weighted by Crippen LogP contribution is 2.25. The fourth-order valence-electron chi connectivity index (χ4n) is 3.90. The van der Waals surface area contributed by atoms with Gasteiger partial charge in [0.2, 0.25) is 5.91 Å². The number of likely N-dealkylation sites (tertiary alicyclic amines) is 1. The third-order valence-corrected chi connectivity index (χ3v) is 6.70. The van der Waals surface area contributed by atoms with E-state index in [1.807, 2.05) is 36.4 Å². The average molecular weight is 767 g/mol. The third-order valence-electron chi connectivity index (χ3n) is 5.64. The van der Waals surface area contributed by atoms with Crippen molar-refractivity contribution in [2.45, 2.75) is 90.5 Å². The van der Waals surface area contributed by atoms with E-state index in [0.29, 0.717) is 19.3 Å². The number of ether oxygens (including phenoxy) is 2. The Hall–Kier alpha value is -2.22. The predicted molar refractivity (Wildman–Crippen MR) is 183 cm³/mol. The Balaban J connectivity index is 0.000000785. The Morgan fingerprint density at radius 1 is 0.884 bits per heavy atom. The van der Waals surface area contributed by atoms with Crippen LogP contribution in [0.25, 0.3) is 0 Å². The van der Waals surface area contributed by atoms with Gasteiger partial charge in [-0.15, -0.1) is 0 Å². The number of carbonyl (C=O) groups excluding carboxylic acids is 3. The summed E-state index contributed by atoms with van der Waals surface area (Å²) in [5.74, 6) is -1.25. The molecule has 1 heterocycles. The average Bonchev–Trinajstić information content (AvgIpc) is 3.19. The molecule has 2 aromatic rings. The second kappa shape index (κ2) is 17.9. The molecule has 0 radical (unpaired) electrons. The highest BCUT2D eigenvalue weighted by atomic mass is 79.9. The molecule has 0 aliphatic carbocycles. The monoisotopic (exact) mass is 764 g/mol. The molecular formula is C30H42Br2N2O7S2. The minimum absolute atomic E-state index is 0. The number of carboxylic acid groups (broad SMARTS) is 1. The van der Waals surface area contributed by atoms with Crippen LogP contribution >= 0.6 is 58.9 Å². The normalized spacial score (nSPS) is 15.1. The molecule has 2 aromatic carbocycles. The number of aliphatic carboxylic acids is 1. The van der Waals surface area contributed by atoms with E-state index in [1.54, 1.807) is 53.7 Å². The minimum atomic E-state index is -1.10. The molecule has 13 heteroatoms. The van der Waals surface area contributed by atoms with Crippen LogP contribution < -0.4 is 5.32 Å². The second-order valence-corrected chi connectivity index (χ2v) is 13.5. The molecule has 0 spiro atoms. The number of rotatable bonds is 6. The summed E-state index contributed by atoms with van der Waals surface area (Å²) in [7, 11) is 0. The topological polar surface area (TPSA) is 122 Å². The highest BCUT2D eigenvalue weighted by Gasteiger charge is 2.38. The molecule has 1 saturated heterocycles. The van der Waals surface area contributed by atoms with Crippen molar-refractivity contribution in [3.8, 4) is 0 Å². The SMILES string of the molecule is CC(C)(C)OC(=O)N1C(=O)CC[C@H]1Cc1ccc(Br)cc1.CC(C)(C)OC(=O)N[C@@H](Cc1ccc(Br)cc1)C(=O)O.S.S. The first kappa shape index (κ1) is 40.8. The van der Waals surface area contributed by atoms with E-state index in [0.717, 1.165) is 20.1 Å². The van der Waals surface area contributed by atoms with Crippen molar-refractivity contribution in [1.82, 2.24) is 10.2 Å². The van der Waals surface area contributed by atoms with E-state index in [9.17, 15) is 19.2 Å². The van der Waals surface area contributed by atoms with Gasteiger partial charge in [0, 0.05) is 27.8 Å². The van der Waals surface area contributed by atoms with Gasteiger partial charge in [0.15, 0.2) is 0 Å². The fourth-order valence-corrected chi connectivity index (χ4v) is 4.43.